The minimum absolute atomic E-state index is 0.0630. The largest absolute Gasteiger partial charge is 0.480 e. The molecule has 0 aliphatic carbocycles. The van der Waals surface area contributed by atoms with Gasteiger partial charge < -0.3 is 10.1 Å². The zero-order valence-electron chi connectivity index (χ0n) is 15.5. The second-order valence-corrected chi connectivity index (χ2v) is 6.56. The topological polar surface area (TPSA) is 38.3 Å². The van der Waals surface area contributed by atoms with E-state index in [1.807, 2.05) is 49.4 Å². The summed E-state index contributed by atoms with van der Waals surface area (Å²) in [7, 11) is 0. The Bertz CT molecular complexity index is 881. The number of amides is 1. The van der Waals surface area contributed by atoms with E-state index in [9.17, 15) is 4.79 Å². The summed E-state index contributed by atoms with van der Waals surface area (Å²) in [6.45, 7) is 5.90. The molecule has 3 aromatic rings. The van der Waals surface area contributed by atoms with Crippen molar-refractivity contribution in [1.82, 2.24) is 5.32 Å². The number of fused-ring (bicyclic) bond motifs is 1. The summed E-state index contributed by atoms with van der Waals surface area (Å²) in [5, 5.41) is 5.15. The molecule has 1 N–H and O–H groups in total. The molecule has 0 aliphatic heterocycles. The van der Waals surface area contributed by atoms with E-state index in [1.165, 1.54) is 5.56 Å². The first kappa shape index (κ1) is 18.0. The maximum Gasteiger partial charge on any atom is 0.261 e. The van der Waals surface area contributed by atoms with Gasteiger partial charge in [0.05, 0.1) is 6.04 Å². The second-order valence-electron chi connectivity index (χ2n) is 6.56. The number of aryl methyl sites for hydroxylation is 1. The summed E-state index contributed by atoms with van der Waals surface area (Å²) in [4.78, 5) is 12.6. The van der Waals surface area contributed by atoms with Crippen molar-refractivity contribution >= 4 is 16.7 Å². The molecule has 134 valence electrons. The van der Waals surface area contributed by atoms with Gasteiger partial charge in [0.15, 0.2) is 6.10 Å². The molecule has 0 saturated heterocycles. The maximum atomic E-state index is 12.6. The summed E-state index contributed by atoms with van der Waals surface area (Å²) >= 11 is 0. The van der Waals surface area contributed by atoms with Crippen LogP contribution in [0.3, 0.4) is 0 Å². The summed E-state index contributed by atoms with van der Waals surface area (Å²) in [6.07, 6.45) is 0.440. The first-order valence-corrected chi connectivity index (χ1v) is 9.12. The molecule has 3 rings (SSSR count). The first-order chi connectivity index (χ1) is 12.6. The summed E-state index contributed by atoms with van der Waals surface area (Å²) < 4.78 is 5.95. The monoisotopic (exact) mass is 347 g/mol. The Balaban J connectivity index is 1.67. The third kappa shape index (κ3) is 4.05. The average molecular weight is 347 g/mol. The molecule has 3 nitrogen and oxygen atoms in total. The minimum atomic E-state index is -0.571. The molecule has 0 unspecified atom stereocenters. The molecule has 3 heteroatoms. The molecule has 1 amide bonds. The molecule has 2 atom stereocenters. The van der Waals surface area contributed by atoms with Gasteiger partial charge in [-0.15, -0.1) is 0 Å². The van der Waals surface area contributed by atoms with Crippen LogP contribution in [-0.2, 0) is 11.2 Å². The van der Waals surface area contributed by atoms with Crippen molar-refractivity contribution in [3.8, 4) is 5.75 Å². The van der Waals surface area contributed by atoms with E-state index in [1.54, 1.807) is 6.92 Å². The fourth-order valence-electron chi connectivity index (χ4n) is 3.00. The van der Waals surface area contributed by atoms with E-state index in [4.69, 9.17) is 4.74 Å². The van der Waals surface area contributed by atoms with Crippen molar-refractivity contribution in [2.24, 2.45) is 0 Å². The molecule has 0 aliphatic rings. The van der Waals surface area contributed by atoms with E-state index in [0.717, 1.165) is 28.5 Å². The van der Waals surface area contributed by atoms with Gasteiger partial charge >= 0.3 is 0 Å². The van der Waals surface area contributed by atoms with Crippen LogP contribution in [0.2, 0.25) is 0 Å². The molecule has 0 aromatic heterocycles. The second kappa shape index (κ2) is 8.05. The molecular formula is C23H25NO2. The molecule has 0 saturated carbocycles. The van der Waals surface area contributed by atoms with Crippen LogP contribution in [0, 0.1) is 0 Å². The maximum absolute atomic E-state index is 12.6. The van der Waals surface area contributed by atoms with Gasteiger partial charge in [-0.2, -0.15) is 0 Å². The molecule has 0 radical (unpaired) electrons. The van der Waals surface area contributed by atoms with Crippen molar-refractivity contribution in [1.29, 1.82) is 0 Å². The first-order valence-electron chi connectivity index (χ1n) is 9.12. The predicted molar refractivity (Wildman–Crippen MR) is 106 cm³/mol. The highest BCUT2D eigenvalue weighted by Gasteiger charge is 2.18. The SMILES string of the molecule is CCc1ccc([C@H](C)NC(=O)[C@H](C)Oc2cccc3ccccc23)cc1. The lowest BCUT2D eigenvalue weighted by Gasteiger charge is -2.20. The zero-order chi connectivity index (χ0) is 18.5. The minimum Gasteiger partial charge on any atom is -0.480 e. The number of carbonyl (C=O) groups excluding carboxylic acids is 1. The Kier molecular flexibility index (Phi) is 5.57. The lowest BCUT2D eigenvalue weighted by atomic mass is 10.0. The van der Waals surface area contributed by atoms with Gasteiger partial charge in [-0.1, -0.05) is 67.6 Å². The molecule has 26 heavy (non-hydrogen) atoms. The quantitative estimate of drug-likeness (QED) is 0.678. The number of ether oxygens (including phenoxy) is 1. The smallest absolute Gasteiger partial charge is 0.261 e. The highest BCUT2D eigenvalue weighted by Crippen LogP contribution is 2.26. The lowest BCUT2D eigenvalue weighted by molar-refractivity contribution is -0.127. The lowest BCUT2D eigenvalue weighted by Crippen LogP contribution is -2.37. The van der Waals surface area contributed by atoms with Crippen LogP contribution >= 0.6 is 0 Å². The van der Waals surface area contributed by atoms with Gasteiger partial charge in [-0.3, -0.25) is 4.79 Å². The predicted octanol–water partition coefficient (Wildman–Crippen LogP) is 5.05. The van der Waals surface area contributed by atoms with Crippen LogP contribution in [0.15, 0.2) is 66.7 Å². The zero-order valence-corrected chi connectivity index (χ0v) is 15.5. The fraction of sp³-hybridized carbons (Fsp3) is 0.261. The van der Waals surface area contributed by atoms with Crippen LogP contribution in [0.1, 0.15) is 37.9 Å². The van der Waals surface area contributed by atoms with E-state index >= 15 is 0 Å². The Labute approximate surface area is 155 Å². The summed E-state index contributed by atoms with van der Waals surface area (Å²) in [6, 6.07) is 22.2. The molecular weight excluding hydrogens is 322 g/mol. The van der Waals surface area contributed by atoms with Crippen molar-refractivity contribution in [3.05, 3.63) is 77.9 Å². The average Bonchev–Trinajstić information content (AvgIpc) is 2.68. The molecule has 0 fully saturated rings. The Morgan fingerprint density at radius 2 is 1.65 bits per heavy atom. The van der Waals surface area contributed by atoms with Gasteiger partial charge in [0, 0.05) is 5.39 Å². The number of hydrogen-bond donors (Lipinski definition) is 1. The number of carbonyl (C=O) groups is 1. The molecule has 0 bridgehead atoms. The molecule has 0 heterocycles. The number of rotatable bonds is 6. The van der Waals surface area contributed by atoms with E-state index in [2.05, 4.69) is 36.5 Å². The third-order valence-corrected chi connectivity index (χ3v) is 4.67. The van der Waals surface area contributed by atoms with E-state index in [0.29, 0.717) is 0 Å². The summed E-state index contributed by atoms with van der Waals surface area (Å²) in [5.74, 6) is 0.607. The van der Waals surface area contributed by atoms with Crippen LogP contribution < -0.4 is 10.1 Å². The fourth-order valence-corrected chi connectivity index (χ4v) is 3.00. The van der Waals surface area contributed by atoms with E-state index < -0.39 is 6.10 Å². The number of hydrogen-bond acceptors (Lipinski definition) is 2. The normalized spacial score (nSPS) is 13.2. The number of benzene rings is 3. The van der Waals surface area contributed by atoms with Crippen molar-refractivity contribution < 1.29 is 9.53 Å². The highest BCUT2D eigenvalue weighted by molar-refractivity contribution is 5.89. The van der Waals surface area contributed by atoms with Gasteiger partial charge in [0.1, 0.15) is 5.75 Å². The Morgan fingerprint density at radius 3 is 2.38 bits per heavy atom. The molecule has 3 aromatic carbocycles. The number of nitrogens with one attached hydrogen (secondary N) is 1. The van der Waals surface area contributed by atoms with E-state index in [-0.39, 0.29) is 11.9 Å². The van der Waals surface area contributed by atoms with Crippen molar-refractivity contribution in [3.63, 3.8) is 0 Å². The van der Waals surface area contributed by atoms with Crippen LogP contribution in [0.25, 0.3) is 10.8 Å². The third-order valence-electron chi connectivity index (χ3n) is 4.67. The van der Waals surface area contributed by atoms with Gasteiger partial charge in [0.25, 0.3) is 5.91 Å². The Hall–Kier alpha value is -2.81. The van der Waals surface area contributed by atoms with Crippen LogP contribution in [0.5, 0.6) is 5.75 Å². The standard InChI is InChI=1S/C23H25NO2/c1-4-18-12-14-19(15-13-18)16(2)24-23(25)17(3)26-22-11-7-9-20-8-5-6-10-21(20)22/h5-17H,4H2,1-3H3,(H,24,25)/t16-,17-/m0/s1. The van der Waals surface area contributed by atoms with Crippen molar-refractivity contribution in [2.75, 3.05) is 0 Å². The van der Waals surface area contributed by atoms with Gasteiger partial charge in [0.2, 0.25) is 0 Å². The van der Waals surface area contributed by atoms with Crippen molar-refractivity contribution in [2.45, 2.75) is 39.3 Å². The van der Waals surface area contributed by atoms with Gasteiger partial charge in [-0.25, -0.2) is 0 Å². The summed E-state index contributed by atoms with van der Waals surface area (Å²) in [5.41, 5.74) is 2.38. The molecule has 0 spiro atoms. The van der Waals surface area contributed by atoms with Crippen LogP contribution in [0.4, 0.5) is 0 Å². The Morgan fingerprint density at radius 1 is 0.962 bits per heavy atom. The highest BCUT2D eigenvalue weighted by atomic mass is 16.5. The van der Waals surface area contributed by atoms with Crippen LogP contribution in [-0.4, -0.2) is 12.0 Å². The van der Waals surface area contributed by atoms with Gasteiger partial charge in [-0.05, 0) is 42.8 Å².